The van der Waals surface area contributed by atoms with Crippen molar-refractivity contribution < 1.29 is 9.53 Å². The molecule has 0 aliphatic carbocycles. The fourth-order valence-corrected chi connectivity index (χ4v) is 3.49. The Labute approximate surface area is 132 Å². The molecule has 0 N–H and O–H groups in total. The largest absolute Gasteiger partial charge is 0.380 e. The highest BCUT2D eigenvalue weighted by atomic mass is 16.5. The van der Waals surface area contributed by atoms with E-state index in [0.717, 1.165) is 51.1 Å². The standard InChI is InChI=1S/C17H25N3O2/c1-13-6-5-7-18-15(13)12-20-11-14(22-2)10-16(20)17(21)19-8-3-4-9-19/h5-7,14,16H,3-4,8-12H2,1-2H3/t14-,16-/m0/s1. The minimum atomic E-state index is -0.0653. The summed E-state index contributed by atoms with van der Waals surface area (Å²) in [5.74, 6) is 0.269. The van der Waals surface area contributed by atoms with Crippen LogP contribution in [0.2, 0.25) is 0 Å². The van der Waals surface area contributed by atoms with E-state index in [0.29, 0.717) is 0 Å². The lowest BCUT2D eigenvalue weighted by molar-refractivity contribution is -0.135. The molecule has 1 amide bonds. The van der Waals surface area contributed by atoms with Crippen LogP contribution < -0.4 is 0 Å². The summed E-state index contributed by atoms with van der Waals surface area (Å²) in [4.78, 5) is 21.5. The number of rotatable bonds is 4. The number of aryl methyl sites for hydroxylation is 1. The van der Waals surface area contributed by atoms with Crippen LogP contribution in [0.15, 0.2) is 18.3 Å². The van der Waals surface area contributed by atoms with Gasteiger partial charge in [-0.15, -0.1) is 0 Å². The predicted molar refractivity (Wildman–Crippen MR) is 84.4 cm³/mol. The molecule has 5 nitrogen and oxygen atoms in total. The van der Waals surface area contributed by atoms with Crippen molar-refractivity contribution in [2.45, 2.75) is 44.9 Å². The number of carbonyl (C=O) groups is 1. The number of likely N-dealkylation sites (tertiary alicyclic amines) is 2. The van der Waals surface area contributed by atoms with Crippen LogP contribution >= 0.6 is 0 Å². The summed E-state index contributed by atoms with van der Waals surface area (Å²) in [7, 11) is 1.73. The lowest BCUT2D eigenvalue weighted by Gasteiger charge is -2.27. The molecule has 0 saturated carbocycles. The number of hydrogen-bond acceptors (Lipinski definition) is 4. The average Bonchev–Trinajstić information content (AvgIpc) is 3.18. The zero-order chi connectivity index (χ0) is 15.5. The lowest BCUT2D eigenvalue weighted by atomic mass is 10.1. The van der Waals surface area contributed by atoms with Crippen molar-refractivity contribution in [1.29, 1.82) is 0 Å². The van der Waals surface area contributed by atoms with Crippen LogP contribution in [0.5, 0.6) is 0 Å². The van der Waals surface area contributed by atoms with Gasteiger partial charge in [-0.3, -0.25) is 14.7 Å². The smallest absolute Gasteiger partial charge is 0.240 e. The van der Waals surface area contributed by atoms with E-state index in [1.165, 1.54) is 5.56 Å². The fraction of sp³-hybridized carbons (Fsp3) is 0.647. The van der Waals surface area contributed by atoms with E-state index in [2.05, 4.69) is 22.9 Å². The van der Waals surface area contributed by atoms with E-state index in [1.807, 2.05) is 17.2 Å². The van der Waals surface area contributed by atoms with E-state index >= 15 is 0 Å². The highest BCUT2D eigenvalue weighted by molar-refractivity contribution is 5.82. The summed E-state index contributed by atoms with van der Waals surface area (Å²) >= 11 is 0. The number of amides is 1. The number of aromatic nitrogens is 1. The highest BCUT2D eigenvalue weighted by Crippen LogP contribution is 2.25. The first-order valence-electron chi connectivity index (χ1n) is 8.15. The summed E-state index contributed by atoms with van der Waals surface area (Å²) in [5, 5.41) is 0. The maximum absolute atomic E-state index is 12.8. The Balaban J connectivity index is 1.74. The highest BCUT2D eigenvalue weighted by Gasteiger charge is 2.39. The average molecular weight is 303 g/mol. The first-order chi connectivity index (χ1) is 10.7. The third kappa shape index (κ3) is 3.15. The molecule has 1 aromatic heterocycles. The Bertz CT molecular complexity index is 528. The summed E-state index contributed by atoms with van der Waals surface area (Å²) in [5.41, 5.74) is 2.23. The van der Waals surface area contributed by atoms with E-state index in [1.54, 1.807) is 7.11 Å². The minimum Gasteiger partial charge on any atom is -0.380 e. The number of nitrogens with zero attached hydrogens (tertiary/aromatic N) is 3. The molecule has 5 heteroatoms. The molecule has 2 fully saturated rings. The molecule has 0 unspecified atom stereocenters. The van der Waals surface area contributed by atoms with Crippen LogP contribution in [-0.2, 0) is 16.1 Å². The molecule has 2 aliphatic rings. The second-order valence-corrected chi connectivity index (χ2v) is 6.34. The van der Waals surface area contributed by atoms with Gasteiger partial charge in [-0.1, -0.05) is 6.07 Å². The number of pyridine rings is 1. The van der Waals surface area contributed by atoms with Crippen molar-refractivity contribution in [2.24, 2.45) is 0 Å². The van der Waals surface area contributed by atoms with E-state index in [4.69, 9.17) is 4.74 Å². The molecular weight excluding hydrogens is 278 g/mol. The van der Waals surface area contributed by atoms with Gasteiger partial charge in [-0.2, -0.15) is 0 Å². The number of methoxy groups -OCH3 is 1. The van der Waals surface area contributed by atoms with E-state index < -0.39 is 0 Å². The molecule has 0 bridgehead atoms. The Hall–Kier alpha value is -1.46. The third-order valence-corrected chi connectivity index (χ3v) is 4.87. The topological polar surface area (TPSA) is 45.7 Å². The zero-order valence-corrected chi connectivity index (χ0v) is 13.5. The van der Waals surface area contributed by atoms with Gasteiger partial charge < -0.3 is 9.64 Å². The van der Waals surface area contributed by atoms with Crippen LogP contribution in [0.3, 0.4) is 0 Å². The quantitative estimate of drug-likeness (QED) is 0.847. The summed E-state index contributed by atoms with van der Waals surface area (Å²) in [6.45, 7) is 5.41. The molecule has 0 radical (unpaired) electrons. The van der Waals surface area contributed by atoms with Crippen molar-refractivity contribution in [2.75, 3.05) is 26.7 Å². The zero-order valence-electron chi connectivity index (χ0n) is 13.5. The van der Waals surface area contributed by atoms with Crippen LogP contribution in [0.1, 0.15) is 30.5 Å². The maximum Gasteiger partial charge on any atom is 0.240 e. The molecule has 0 aromatic carbocycles. The number of ether oxygens (including phenoxy) is 1. The lowest BCUT2D eigenvalue weighted by Crippen LogP contribution is -2.44. The molecule has 3 rings (SSSR count). The van der Waals surface area contributed by atoms with Gasteiger partial charge >= 0.3 is 0 Å². The molecule has 2 aliphatic heterocycles. The van der Waals surface area contributed by atoms with Gasteiger partial charge in [-0.25, -0.2) is 0 Å². The van der Waals surface area contributed by atoms with Gasteiger partial charge in [0.1, 0.15) is 0 Å². The maximum atomic E-state index is 12.8. The van der Waals surface area contributed by atoms with Crippen LogP contribution in [0.4, 0.5) is 0 Å². The van der Waals surface area contributed by atoms with Gasteiger partial charge in [0.05, 0.1) is 17.8 Å². The molecule has 1 aromatic rings. The van der Waals surface area contributed by atoms with Crippen molar-refractivity contribution in [3.05, 3.63) is 29.6 Å². The molecule has 3 heterocycles. The van der Waals surface area contributed by atoms with Crippen molar-refractivity contribution in [3.63, 3.8) is 0 Å². The normalized spacial score (nSPS) is 25.8. The van der Waals surface area contributed by atoms with Gasteiger partial charge in [0.25, 0.3) is 0 Å². The first-order valence-corrected chi connectivity index (χ1v) is 8.15. The van der Waals surface area contributed by atoms with Gasteiger partial charge in [-0.05, 0) is 37.8 Å². The van der Waals surface area contributed by atoms with E-state index in [9.17, 15) is 4.79 Å². The second kappa shape index (κ2) is 6.75. The SMILES string of the molecule is CO[C@H]1C[C@@H](C(=O)N2CCCC2)N(Cc2ncccc2C)C1. The molecule has 22 heavy (non-hydrogen) atoms. The Kier molecular flexibility index (Phi) is 4.74. The Morgan fingerprint density at radius 1 is 1.41 bits per heavy atom. The Morgan fingerprint density at radius 2 is 2.18 bits per heavy atom. The van der Waals surface area contributed by atoms with E-state index in [-0.39, 0.29) is 18.1 Å². The van der Waals surface area contributed by atoms with Crippen LogP contribution in [-0.4, -0.2) is 59.6 Å². The predicted octanol–water partition coefficient (Wildman–Crippen LogP) is 1.60. The third-order valence-electron chi connectivity index (χ3n) is 4.87. The second-order valence-electron chi connectivity index (χ2n) is 6.34. The molecule has 2 atom stereocenters. The van der Waals surface area contributed by atoms with Gasteiger partial charge in [0.2, 0.25) is 5.91 Å². The first kappa shape index (κ1) is 15.4. The molecule has 2 saturated heterocycles. The number of hydrogen-bond donors (Lipinski definition) is 0. The monoisotopic (exact) mass is 303 g/mol. The number of carbonyl (C=O) groups excluding carboxylic acids is 1. The summed E-state index contributed by atoms with van der Waals surface area (Å²) in [6, 6.07) is 3.96. The molecule has 120 valence electrons. The Morgan fingerprint density at radius 3 is 2.86 bits per heavy atom. The van der Waals surface area contributed by atoms with Gasteiger partial charge in [0.15, 0.2) is 0 Å². The molecular formula is C17H25N3O2. The van der Waals surface area contributed by atoms with Crippen molar-refractivity contribution in [1.82, 2.24) is 14.8 Å². The summed E-state index contributed by atoms with van der Waals surface area (Å²) < 4.78 is 5.52. The van der Waals surface area contributed by atoms with Crippen molar-refractivity contribution in [3.8, 4) is 0 Å². The summed E-state index contributed by atoms with van der Waals surface area (Å²) in [6.07, 6.45) is 5.01. The van der Waals surface area contributed by atoms with Crippen molar-refractivity contribution >= 4 is 5.91 Å². The minimum absolute atomic E-state index is 0.0653. The molecule has 0 spiro atoms. The fourth-order valence-electron chi connectivity index (χ4n) is 3.49. The van der Waals surface area contributed by atoms with Crippen LogP contribution in [0, 0.1) is 6.92 Å². The van der Waals surface area contributed by atoms with Gasteiger partial charge in [0, 0.05) is 39.5 Å². The van der Waals surface area contributed by atoms with Crippen LogP contribution in [0.25, 0.3) is 0 Å².